The van der Waals surface area contributed by atoms with Gasteiger partial charge in [-0.15, -0.1) is 0 Å². The molecule has 1 heterocycles. The number of halogens is 1. The van der Waals surface area contributed by atoms with Crippen molar-refractivity contribution in [3.8, 4) is 0 Å². The Hall–Kier alpha value is -2.01. The summed E-state index contributed by atoms with van der Waals surface area (Å²) in [4.78, 5) is 26.4. The van der Waals surface area contributed by atoms with E-state index in [1.165, 1.54) is 31.3 Å². The van der Waals surface area contributed by atoms with Crippen molar-refractivity contribution in [1.29, 1.82) is 0 Å². The molecule has 0 spiro atoms. The van der Waals surface area contributed by atoms with E-state index in [9.17, 15) is 9.59 Å². The normalized spacial score (nSPS) is 17.8. The van der Waals surface area contributed by atoms with Gasteiger partial charge in [0.1, 0.15) is 0 Å². The fourth-order valence-electron chi connectivity index (χ4n) is 3.94. The predicted octanol–water partition coefficient (Wildman–Crippen LogP) is 4.98. The summed E-state index contributed by atoms with van der Waals surface area (Å²) in [6, 6.07) is 7.04. The molecule has 3 amide bonds. The van der Waals surface area contributed by atoms with Crippen LogP contribution in [0.3, 0.4) is 0 Å². The minimum atomic E-state index is -0.106. The van der Waals surface area contributed by atoms with Crippen molar-refractivity contribution in [2.24, 2.45) is 5.92 Å². The lowest BCUT2D eigenvalue weighted by atomic mass is 9.93. The molecule has 2 N–H and O–H groups in total. The number of carbonyl (C=O) groups is 2. The van der Waals surface area contributed by atoms with Gasteiger partial charge in [0.05, 0.1) is 0 Å². The fourth-order valence-corrected chi connectivity index (χ4v) is 4.13. The summed E-state index contributed by atoms with van der Waals surface area (Å²) in [7, 11) is 0. The summed E-state index contributed by atoms with van der Waals surface area (Å²) in [5.41, 5.74) is 2.19. The number of anilines is 1. The van der Waals surface area contributed by atoms with Gasteiger partial charge >= 0.3 is 6.03 Å². The van der Waals surface area contributed by atoms with Gasteiger partial charge in [0, 0.05) is 36.8 Å². The molecule has 2 aliphatic rings. The lowest BCUT2D eigenvalue weighted by Crippen LogP contribution is -2.42. The first-order chi connectivity index (χ1) is 13.6. The van der Waals surface area contributed by atoms with Gasteiger partial charge in [0.15, 0.2) is 0 Å². The zero-order valence-electron chi connectivity index (χ0n) is 16.4. The second kappa shape index (κ2) is 10.5. The van der Waals surface area contributed by atoms with Gasteiger partial charge in [-0.3, -0.25) is 4.79 Å². The highest BCUT2D eigenvalue weighted by Crippen LogP contribution is 2.22. The third kappa shape index (κ3) is 6.55. The second-order valence-electron chi connectivity index (χ2n) is 7.78. The molecule has 1 fully saturated rings. The van der Waals surface area contributed by atoms with E-state index in [4.69, 9.17) is 11.6 Å². The molecule has 1 aromatic carbocycles. The molecule has 3 rings (SSSR count). The first kappa shape index (κ1) is 20.7. The number of hydrogen-bond acceptors (Lipinski definition) is 2. The molecule has 0 atom stereocenters. The largest absolute Gasteiger partial charge is 0.356 e. The van der Waals surface area contributed by atoms with E-state index < -0.39 is 0 Å². The Labute approximate surface area is 172 Å². The van der Waals surface area contributed by atoms with E-state index in [0.717, 1.165) is 25.8 Å². The molecule has 0 bridgehead atoms. The molecule has 6 heteroatoms. The third-order valence-corrected chi connectivity index (χ3v) is 5.84. The Morgan fingerprint density at radius 2 is 2.00 bits per heavy atom. The molecule has 1 aliphatic carbocycles. The number of benzene rings is 1. The summed E-state index contributed by atoms with van der Waals surface area (Å²) < 4.78 is 0. The number of hydrogen-bond donors (Lipinski definition) is 2. The third-order valence-electron chi connectivity index (χ3n) is 5.61. The summed E-state index contributed by atoms with van der Waals surface area (Å²) in [5.74, 6) is 0.488. The van der Waals surface area contributed by atoms with Crippen LogP contribution in [0.1, 0.15) is 51.4 Å². The number of nitrogens with zero attached hydrogens (tertiary/aromatic N) is 1. The number of allylic oxidation sites excluding steroid dienone is 1. The fraction of sp³-hybridized carbons (Fsp3) is 0.545. The van der Waals surface area contributed by atoms with Crippen LogP contribution in [0.5, 0.6) is 0 Å². The molecule has 0 aromatic heterocycles. The zero-order chi connectivity index (χ0) is 19.8. The zero-order valence-corrected chi connectivity index (χ0v) is 17.1. The number of carbonyl (C=O) groups excluding carboxylic acids is 2. The van der Waals surface area contributed by atoms with Crippen molar-refractivity contribution in [3.05, 3.63) is 40.9 Å². The number of urea groups is 1. The Kier molecular flexibility index (Phi) is 7.78. The standard InChI is InChI=1S/C22H30ClN3O2/c23-19-7-4-8-20(16-19)25-22(28)26-13-10-18(11-14-26)15-21(27)24-12-9-17-5-2-1-3-6-17/h4-5,7-8,16,18H,1-3,6,9-15H2,(H,24,27)(H,25,28). The van der Waals surface area contributed by atoms with E-state index >= 15 is 0 Å². The van der Waals surface area contributed by atoms with Gasteiger partial charge in [-0.2, -0.15) is 0 Å². The van der Waals surface area contributed by atoms with Gasteiger partial charge in [-0.25, -0.2) is 4.79 Å². The van der Waals surface area contributed by atoms with Crippen molar-refractivity contribution in [1.82, 2.24) is 10.2 Å². The smallest absolute Gasteiger partial charge is 0.321 e. The first-order valence-electron chi connectivity index (χ1n) is 10.4. The SMILES string of the molecule is O=C(CC1CCN(C(=O)Nc2cccc(Cl)c2)CC1)NCCC1=CCCCC1. The summed E-state index contributed by atoms with van der Waals surface area (Å²) in [6.07, 6.45) is 10.5. The number of piperidine rings is 1. The average Bonchev–Trinajstić information content (AvgIpc) is 2.69. The van der Waals surface area contributed by atoms with Crippen LogP contribution in [0.25, 0.3) is 0 Å². The van der Waals surface area contributed by atoms with Crippen molar-refractivity contribution in [2.75, 3.05) is 25.0 Å². The van der Waals surface area contributed by atoms with Crippen LogP contribution in [0.2, 0.25) is 5.02 Å². The molecule has 0 saturated carbocycles. The number of rotatable bonds is 6. The minimum Gasteiger partial charge on any atom is -0.356 e. The molecule has 152 valence electrons. The molecular formula is C22H30ClN3O2. The van der Waals surface area contributed by atoms with Gasteiger partial charge in [0.2, 0.25) is 5.91 Å². The van der Waals surface area contributed by atoms with E-state index in [1.54, 1.807) is 12.1 Å². The first-order valence-corrected chi connectivity index (χ1v) is 10.7. The second-order valence-corrected chi connectivity index (χ2v) is 8.22. The highest BCUT2D eigenvalue weighted by atomic mass is 35.5. The maximum Gasteiger partial charge on any atom is 0.321 e. The molecule has 0 unspecified atom stereocenters. The van der Waals surface area contributed by atoms with E-state index in [0.29, 0.717) is 36.1 Å². The lowest BCUT2D eigenvalue weighted by molar-refractivity contribution is -0.122. The lowest BCUT2D eigenvalue weighted by Gasteiger charge is -2.31. The highest BCUT2D eigenvalue weighted by Gasteiger charge is 2.24. The summed E-state index contributed by atoms with van der Waals surface area (Å²) >= 11 is 5.96. The van der Waals surface area contributed by atoms with Crippen LogP contribution in [-0.4, -0.2) is 36.5 Å². The topological polar surface area (TPSA) is 61.4 Å². The van der Waals surface area contributed by atoms with Crippen LogP contribution < -0.4 is 10.6 Å². The maximum absolute atomic E-state index is 12.4. The van der Waals surface area contributed by atoms with Crippen LogP contribution >= 0.6 is 11.6 Å². The van der Waals surface area contributed by atoms with Crippen molar-refractivity contribution >= 4 is 29.2 Å². The van der Waals surface area contributed by atoms with Crippen LogP contribution in [0.4, 0.5) is 10.5 Å². The predicted molar refractivity (Wildman–Crippen MR) is 114 cm³/mol. The van der Waals surface area contributed by atoms with E-state index in [1.807, 2.05) is 17.0 Å². The Morgan fingerprint density at radius 1 is 1.18 bits per heavy atom. The number of amides is 3. The summed E-state index contributed by atoms with van der Waals surface area (Å²) in [5, 5.41) is 6.55. The molecule has 1 aromatic rings. The molecule has 0 radical (unpaired) electrons. The Morgan fingerprint density at radius 3 is 2.71 bits per heavy atom. The van der Waals surface area contributed by atoms with Gasteiger partial charge in [0.25, 0.3) is 0 Å². The van der Waals surface area contributed by atoms with E-state index in [-0.39, 0.29) is 11.9 Å². The molecule has 5 nitrogen and oxygen atoms in total. The number of likely N-dealkylation sites (tertiary alicyclic amines) is 1. The quantitative estimate of drug-likeness (QED) is 0.658. The van der Waals surface area contributed by atoms with Gasteiger partial charge in [-0.05, 0) is 69.1 Å². The maximum atomic E-state index is 12.4. The van der Waals surface area contributed by atoms with E-state index in [2.05, 4.69) is 16.7 Å². The van der Waals surface area contributed by atoms with Crippen molar-refractivity contribution in [2.45, 2.75) is 51.4 Å². The minimum absolute atomic E-state index is 0.106. The van der Waals surface area contributed by atoms with Crippen LogP contribution in [0.15, 0.2) is 35.9 Å². The van der Waals surface area contributed by atoms with Crippen molar-refractivity contribution in [3.63, 3.8) is 0 Å². The van der Waals surface area contributed by atoms with Crippen molar-refractivity contribution < 1.29 is 9.59 Å². The Bertz CT molecular complexity index is 711. The monoisotopic (exact) mass is 403 g/mol. The van der Waals surface area contributed by atoms with Crippen LogP contribution in [-0.2, 0) is 4.79 Å². The highest BCUT2D eigenvalue weighted by molar-refractivity contribution is 6.30. The van der Waals surface area contributed by atoms with Crippen LogP contribution in [0, 0.1) is 5.92 Å². The number of nitrogens with one attached hydrogen (secondary N) is 2. The average molecular weight is 404 g/mol. The van der Waals surface area contributed by atoms with Gasteiger partial charge in [-0.1, -0.05) is 29.3 Å². The molecular weight excluding hydrogens is 374 g/mol. The molecule has 1 saturated heterocycles. The summed E-state index contributed by atoms with van der Waals surface area (Å²) in [6.45, 7) is 2.10. The van der Waals surface area contributed by atoms with Gasteiger partial charge < -0.3 is 15.5 Å². The molecule has 28 heavy (non-hydrogen) atoms. The Balaban J connectivity index is 1.33. The molecule has 1 aliphatic heterocycles.